The van der Waals surface area contributed by atoms with Crippen molar-refractivity contribution in [2.45, 2.75) is 25.5 Å². The third-order valence-electron chi connectivity index (χ3n) is 2.93. The predicted octanol–water partition coefficient (Wildman–Crippen LogP) is 0.308. The zero-order valence-electron chi connectivity index (χ0n) is 9.77. The number of hydrogen-bond acceptors (Lipinski definition) is 5. The number of amides is 1. The van der Waals surface area contributed by atoms with Gasteiger partial charge in [-0.25, -0.2) is 5.84 Å². The van der Waals surface area contributed by atoms with Gasteiger partial charge in [-0.15, -0.1) is 11.3 Å². The third-order valence-corrected chi connectivity index (χ3v) is 4.00. The number of aliphatic hydroxyl groups is 1. The topological polar surface area (TPSA) is 78.6 Å². The maximum absolute atomic E-state index is 11.3. The minimum Gasteiger partial charge on any atom is -0.389 e. The van der Waals surface area contributed by atoms with Crippen molar-refractivity contribution in [2.75, 3.05) is 13.1 Å². The lowest BCUT2D eigenvalue weighted by Crippen LogP contribution is -2.29. The predicted molar refractivity (Wildman–Crippen MR) is 66.5 cm³/mol. The fourth-order valence-corrected chi connectivity index (χ4v) is 3.00. The van der Waals surface area contributed by atoms with E-state index in [-0.39, 0.29) is 5.91 Å². The molecular formula is C11H17N3O2S. The van der Waals surface area contributed by atoms with Crippen LogP contribution in [0.2, 0.25) is 0 Å². The molecule has 6 heteroatoms. The van der Waals surface area contributed by atoms with Crippen LogP contribution in [0.15, 0.2) is 12.1 Å². The number of nitrogens with one attached hydrogen (secondary N) is 1. The Labute approximate surface area is 104 Å². The van der Waals surface area contributed by atoms with Crippen molar-refractivity contribution in [1.82, 2.24) is 10.3 Å². The summed E-state index contributed by atoms with van der Waals surface area (Å²) in [6.07, 6.45) is 0.800. The van der Waals surface area contributed by atoms with Crippen LogP contribution in [-0.4, -0.2) is 34.6 Å². The summed E-state index contributed by atoms with van der Waals surface area (Å²) in [5, 5.41) is 9.86. The maximum Gasteiger partial charge on any atom is 0.275 e. The second-order valence-electron chi connectivity index (χ2n) is 4.70. The van der Waals surface area contributed by atoms with Gasteiger partial charge in [-0.1, -0.05) is 0 Å². The van der Waals surface area contributed by atoms with E-state index in [0.717, 1.165) is 24.4 Å². The van der Waals surface area contributed by atoms with E-state index >= 15 is 0 Å². The minimum absolute atomic E-state index is 0.255. The molecule has 1 aliphatic rings. The molecule has 0 aliphatic carbocycles. The van der Waals surface area contributed by atoms with Crippen molar-refractivity contribution in [1.29, 1.82) is 0 Å². The monoisotopic (exact) mass is 255 g/mol. The Morgan fingerprint density at radius 1 is 1.71 bits per heavy atom. The fraction of sp³-hybridized carbons (Fsp3) is 0.545. The average molecular weight is 255 g/mol. The molecule has 1 saturated heterocycles. The van der Waals surface area contributed by atoms with Crippen molar-refractivity contribution >= 4 is 17.2 Å². The first kappa shape index (κ1) is 12.5. The Morgan fingerprint density at radius 3 is 3.06 bits per heavy atom. The molecule has 1 fully saturated rings. The molecule has 2 heterocycles. The van der Waals surface area contributed by atoms with Gasteiger partial charge in [0.05, 0.1) is 10.5 Å². The SMILES string of the molecule is CC1(O)CCN(Cc2ccc(C(=O)NN)s2)C1. The van der Waals surface area contributed by atoms with E-state index < -0.39 is 5.60 Å². The fourth-order valence-electron chi connectivity index (χ4n) is 2.05. The second-order valence-corrected chi connectivity index (χ2v) is 5.87. The summed E-state index contributed by atoms with van der Waals surface area (Å²) in [5.41, 5.74) is 1.54. The van der Waals surface area contributed by atoms with Crippen LogP contribution in [0.1, 0.15) is 27.9 Å². The van der Waals surface area contributed by atoms with Crippen LogP contribution in [0.5, 0.6) is 0 Å². The van der Waals surface area contributed by atoms with Crippen molar-refractivity contribution in [2.24, 2.45) is 5.84 Å². The van der Waals surface area contributed by atoms with Gasteiger partial charge in [0.2, 0.25) is 0 Å². The molecule has 1 aromatic heterocycles. The van der Waals surface area contributed by atoms with Crippen molar-refractivity contribution in [3.05, 3.63) is 21.9 Å². The first-order valence-electron chi connectivity index (χ1n) is 5.54. The molecule has 4 N–H and O–H groups in total. The van der Waals surface area contributed by atoms with Gasteiger partial charge in [0.25, 0.3) is 5.91 Å². The van der Waals surface area contributed by atoms with E-state index in [2.05, 4.69) is 10.3 Å². The number of carbonyl (C=O) groups excluding carboxylic acids is 1. The number of hydrazine groups is 1. The molecule has 0 aromatic carbocycles. The highest BCUT2D eigenvalue weighted by Crippen LogP contribution is 2.24. The molecule has 1 amide bonds. The highest BCUT2D eigenvalue weighted by Gasteiger charge is 2.31. The molecule has 0 bridgehead atoms. The van der Waals surface area contributed by atoms with Crippen LogP contribution < -0.4 is 11.3 Å². The van der Waals surface area contributed by atoms with E-state index in [1.165, 1.54) is 11.3 Å². The van der Waals surface area contributed by atoms with Gasteiger partial charge >= 0.3 is 0 Å². The van der Waals surface area contributed by atoms with E-state index in [0.29, 0.717) is 11.4 Å². The number of rotatable bonds is 3. The zero-order valence-corrected chi connectivity index (χ0v) is 10.6. The van der Waals surface area contributed by atoms with Crippen LogP contribution in [0, 0.1) is 0 Å². The number of nitrogens with two attached hydrogens (primary N) is 1. The maximum atomic E-state index is 11.3. The standard InChI is InChI=1S/C11H17N3O2S/c1-11(16)4-5-14(7-11)6-8-2-3-9(17-8)10(15)13-12/h2-3,16H,4-7,12H2,1H3,(H,13,15). The molecule has 17 heavy (non-hydrogen) atoms. The first-order valence-corrected chi connectivity index (χ1v) is 6.36. The van der Waals surface area contributed by atoms with Gasteiger partial charge in [0.1, 0.15) is 0 Å². The Kier molecular flexibility index (Phi) is 3.48. The van der Waals surface area contributed by atoms with Gasteiger partial charge in [-0.05, 0) is 25.5 Å². The second kappa shape index (κ2) is 4.73. The van der Waals surface area contributed by atoms with E-state index in [1.54, 1.807) is 6.07 Å². The number of thiophene rings is 1. The van der Waals surface area contributed by atoms with Gasteiger partial charge in [0.15, 0.2) is 0 Å². The molecule has 1 aliphatic heterocycles. The summed E-state index contributed by atoms with van der Waals surface area (Å²) in [6.45, 7) is 4.21. The van der Waals surface area contributed by atoms with Crippen molar-refractivity contribution in [3.63, 3.8) is 0 Å². The number of carbonyl (C=O) groups is 1. The van der Waals surface area contributed by atoms with Crippen LogP contribution in [0.4, 0.5) is 0 Å². The molecule has 0 radical (unpaired) electrons. The quantitative estimate of drug-likeness (QED) is 0.412. The van der Waals surface area contributed by atoms with Gasteiger partial charge in [-0.2, -0.15) is 0 Å². The Bertz CT molecular complexity index is 417. The summed E-state index contributed by atoms with van der Waals surface area (Å²) in [5.74, 6) is 4.82. The first-order chi connectivity index (χ1) is 8.00. The molecule has 94 valence electrons. The Morgan fingerprint density at radius 2 is 2.47 bits per heavy atom. The molecule has 2 rings (SSSR count). The number of hydrogen-bond donors (Lipinski definition) is 3. The summed E-state index contributed by atoms with van der Waals surface area (Å²) in [6, 6.07) is 3.71. The molecule has 1 atom stereocenters. The molecule has 1 unspecified atom stereocenters. The molecule has 0 spiro atoms. The van der Waals surface area contributed by atoms with Crippen LogP contribution in [0.3, 0.4) is 0 Å². The van der Waals surface area contributed by atoms with Gasteiger partial charge < -0.3 is 5.11 Å². The highest BCUT2D eigenvalue weighted by molar-refractivity contribution is 7.14. The van der Waals surface area contributed by atoms with Crippen LogP contribution in [0.25, 0.3) is 0 Å². The zero-order chi connectivity index (χ0) is 12.5. The summed E-state index contributed by atoms with van der Waals surface area (Å²) in [7, 11) is 0. The summed E-state index contributed by atoms with van der Waals surface area (Å²) in [4.78, 5) is 15.2. The van der Waals surface area contributed by atoms with Crippen molar-refractivity contribution in [3.8, 4) is 0 Å². The molecular weight excluding hydrogens is 238 g/mol. The lowest BCUT2D eigenvalue weighted by molar-refractivity contribution is 0.0680. The van der Waals surface area contributed by atoms with E-state index in [1.807, 2.05) is 13.0 Å². The summed E-state index contributed by atoms with van der Waals surface area (Å²) < 4.78 is 0. The number of nitrogen functional groups attached to an aromatic ring is 1. The van der Waals surface area contributed by atoms with Gasteiger partial charge in [0, 0.05) is 24.5 Å². The lowest BCUT2D eigenvalue weighted by Gasteiger charge is -2.17. The molecule has 0 saturated carbocycles. The van der Waals surface area contributed by atoms with Crippen LogP contribution in [-0.2, 0) is 6.54 Å². The van der Waals surface area contributed by atoms with Gasteiger partial charge in [-0.3, -0.25) is 15.1 Å². The van der Waals surface area contributed by atoms with E-state index in [4.69, 9.17) is 5.84 Å². The average Bonchev–Trinajstić information content (AvgIpc) is 2.85. The smallest absolute Gasteiger partial charge is 0.275 e. The normalized spacial score (nSPS) is 25.1. The van der Waals surface area contributed by atoms with E-state index in [9.17, 15) is 9.90 Å². The Hall–Kier alpha value is -0.950. The third kappa shape index (κ3) is 3.04. The number of likely N-dealkylation sites (tertiary alicyclic amines) is 1. The van der Waals surface area contributed by atoms with Crippen molar-refractivity contribution < 1.29 is 9.90 Å². The number of β-amino-alcohol motifs (C(OH)–C–C–N with tert-alkyl or cyclic N) is 1. The lowest BCUT2D eigenvalue weighted by atomic mass is 10.1. The number of nitrogens with zero attached hydrogens (tertiary/aromatic N) is 1. The minimum atomic E-state index is -0.575. The summed E-state index contributed by atoms with van der Waals surface area (Å²) >= 11 is 1.44. The Balaban J connectivity index is 1.96. The molecule has 1 aromatic rings. The molecule has 5 nitrogen and oxygen atoms in total. The largest absolute Gasteiger partial charge is 0.389 e. The van der Waals surface area contributed by atoms with Crippen LogP contribution >= 0.6 is 11.3 Å². The highest BCUT2D eigenvalue weighted by atomic mass is 32.1.